The molecule has 0 aliphatic heterocycles. The molecule has 13 heteroatoms. The zero-order chi connectivity index (χ0) is 32.6. The van der Waals surface area contributed by atoms with Gasteiger partial charge in [-0.05, 0) is 78.1 Å². The summed E-state index contributed by atoms with van der Waals surface area (Å²) in [5, 5.41) is -0.569. The van der Waals surface area contributed by atoms with Crippen LogP contribution in [-0.2, 0) is 18.7 Å². The van der Waals surface area contributed by atoms with E-state index in [2.05, 4.69) is 4.74 Å². The van der Waals surface area contributed by atoms with Crippen LogP contribution in [0.5, 0.6) is 5.75 Å². The molecule has 0 bridgehead atoms. The van der Waals surface area contributed by atoms with Gasteiger partial charge in [0.25, 0.3) is 0 Å². The largest absolute Gasteiger partial charge is 0.432 e. The summed E-state index contributed by atoms with van der Waals surface area (Å²) in [6.07, 6.45) is -7.17. The third kappa shape index (κ3) is 6.95. The lowest BCUT2D eigenvalue weighted by molar-refractivity contribution is -0.189. The van der Waals surface area contributed by atoms with E-state index in [1.165, 1.54) is 0 Å². The number of hydrogen-bond donors (Lipinski definition) is 0. The second kappa shape index (κ2) is 12.7. The highest BCUT2D eigenvalue weighted by molar-refractivity contribution is 6.33. The normalized spacial score (nSPS) is 12.1. The van der Waals surface area contributed by atoms with Gasteiger partial charge in [0.1, 0.15) is 46.2 Å². The monoisotopic (exact) mass is 652 g/mol. The molecule has 4 aromatic carbocycles. The Morgan fingerprint density at radius 2 is 1.18 bits per heavy atom. The molecule has 0 spiro atoms. The van der Waals surface area contributed by atoms with Crippen LogP contribution in [0.3, 0.4) is 0 Å². The van der Waals surface area contributed by atoms with Crippen molar-refractivity contribution in [2.75, 3.05) is 0 Å². The summed E-state index contributed by atoms with van der Waals surface area (Å²) in [7, 11) is 0. The van der Waals surface area contributed by atoms with Crippen LogP contribution < -0.4 is 4.74 Å². The third-order valence-corrected chi connectivity index (χ3v) is 6.91. The van der Waals surface area contributed by atoms with Crippen molar-refractivity contribution in [3.05, 3.63) is 111 Å². The van der Waals surface area contributed by atoms with Crippen molar-refractivity contribution in [1.29, 1.82) is 0 Å². The van der Waals surface area contributed by atoms with E-state index in [1.807, 2.05) is 6.92 Å². The number of ether oxygens (including phenoxy) is 1. The molecule has 4 aromatic rings. The average molecular weight is 653 g/mol. The van der Waals surface area contributed by atoms with Gasteiger partial charge in [0, 0.05) is 11.6 Å². The third-order valence-electron chi connectivity index (χ3n) is 6.62. The number of hydrogen-bond acceptors (Lipinski definition) is 1. The zero-order valence-electron chi connectivity index (χ0n) is 22.5. The molecule has 0 aromatic heterocycles. The number of rotatable bonds is 9. The summed E-state index contributed by atoms with van der Waals surface area (Å²) >= 11 is 6.12. The predicted octanol–water partition coefficient (Wildman–Crippen LogP) is 11.4. The minimum Gasteiger partial charge on any atom is -0.429 e. The molecule has 4 rings (SSSR count). The Morgan fingerprint density at radius 3 is 1.70 bits per heavy atom. The molecule has 0 aliphatic rings. The van der Waals surface area contributed by atoms with E-state index in [0.29, 0.717) is 30.5 Å². The number of unbranched alkanes of at least 4 members (excludes halogenated alkanes) is 2. The molecule has 0 saturated carbocycles. The molecule has 234 valence electrons. The molecule has 0 amide bonds. The van der Waals surface area contributed by atoms with Crippen molar-refractivity contribution in [3.63, 3.8) is 0 Å². The molecule has 0 unspecified atom stereocenters. The van der Waals surface area contributed by atoms with Crippen LogP contribution in [0.2, 0.25) is 5.02 Å². The van der Waals surface area contributed by atoms with Crippen LogP contribution in [0.15, 0.2) is 54.6 Å². The molecule has 1 nitrogen and oxygen atoms in total. The molecule has 0 fully saturated rings. The maximum Gasteiger partial charge on any atom is 0.432 e. The van der Waals surface area contributed by atoms with Gasteiger partial charge in [-0.2, -0.15) is 22.0 Å². The molecule has 44 heavy (non-hydrogen) atoms. The highest BCUT2D eigenvalue weighted by Crippen LogP contribution is 2.42. The Hall–Kier alpha value is -3.80. The molecular formula is C31H20ClF11O. The summed E-state index contributed by atoms with van der Waals surface area (Å²) in [6.45, 7) is 1.96. The van der Waals surface area contributed by atoms with E-state index in [1.54, 1.807) is 0 Å². The van der Waals surface area contributed by atoms with Crippen molar-refractivity contribution in [2.24, 2.45) is 0 Å². The second-order valence-corrected chi connectivity index (χ2v) is 10.2. The van der Waals surface area contributed by atoms with Gasteiger partial charge in [0.15, 0.2) is 0 Å². The standard InChI is InChI=1S/C31H20ClF11O/c1-2-3-4-5-15-8-22(34)28(23(35)9-15)16-10-20(32)27(24(36)11-16)17-12-25(37)29(26(38)13-17)31(42,43)44-18-6-7-19(21(33)14-18)30(39,40)41/h6-14H,2-5H2,1H3. The highest BCUT2D eigenvalue weighted by atomic mass is 35.5. The first-order valence-corrected chi connectivity index (χ1v) is 13.3. The topological polar surface area (TPSA) is 9.23 Å². The van der Waals surface area contributed by atoms with Crippen molar-refractivity contribution >= 4 is 11.6 Å². The molecule has 0 N–H and O–H groups in total. The molecule has 0 atom stereocenters. The van der Waals surface area contributed by atoms with E-state index >= 15 is 4.39 Å². The van der Waals surface area contributed by atoms with Gasteiger partial charge in [-0.3, -0.25) is 0 Å². The highest BCUT2D eigenvalue weighted by Gasteiger charge is 2.42. The summed E-state index contributed by atoms with van der Waals surface area (Å²) in [6, 6.07) is 4.72. The Labute approximate surface area is 248 Å². The van der Waals surface area contributed by atoms with Gasteiger partial charge < -0.3 is 4.74 Å². The number of alkyl halides is 5. The Morgan fingerprint density at radius 1 is 0.636 bits per heavy atom. The van der Waals surface area contributed by atoms with Crippen LogP contribution in [0.4, 0.5) is 48.3 Å². The van der Waals surface area contributed by atoms with E-state index < -0.39 is 85.8 Å². The fraction of sp³-hybridized carbons (Fsp3) is 0.226. The van der Waals surface area contributed by atoms with E-state index in [4.69, 9.17) is 11.6 Å². The van der Waals surface area contributed by atoms with Crippen molar-refractivity contribution in [3.8, 4) is 28.0 Å². The van der Waals surface area contributed by atoms with Gasteiger partial charge in [0.05, 0.1) is 16.1 Å². The van der Waals surface area contributed by atoms with E-state index in [-0.39, 0.29) is 29.8 Å². The van der Waals surface area contributed by atoms with Crippen LogP contribution in [0.1, 0.15) is 42.9 Å². The Kier molecular flexibility index (Phi) is 9.53. The maximum absolute atomic E-state index is 15.2. The Bertz CT molecular complexity index is 1630. The Balaban J connectivity index is 1.66. The van der Waals surface area contributed by atoms with Crippen LogP contribution in [-0.4, -0.2) is 0 Å². The lowest BCUT2D eigenvalue weighted by Gasteiger charge is -2.21. The molecular weight excluding hydrogens is 633 g/mol. The summed E-state index contributed by atoms with van der Waals surface area (Å²) in [5.74, 6) is -10.4. The summed E-state index contributed by atoms with van der Waals surface area (Å²) < 4.78 is 160. The fourth-order valence-corrected chi connectivity index (χ4v) is 4.92. The van der Waals surface area contributed by atoms with Gasteiger partial charge >= 0.3 is 12.3 Å². The summed E-state index contributed by atoms with van der Waals surface area (Å²) in [4.78, 5) is 0. The first-order valence-electron chi connectivity index (χ1n) is 12.9. The van der Waals surface area contributed by atoms with Gasteiger partial charge in [-0.25, -0.2) is 26.3 Å². The van der Waals surface area contributed by atoms with Crippen molar-refractivity contribution in [2.45, 2.75) is 44.9 Å². The zero-order valence-corrected chi connectivity index (χ0v) is 23.2. The molecule has 0 aliphatic carbocycles. The minimum absolute atomic E-state index is 0.0384. The number of halogens is 12. The summed E-state index contributed by atoms with van der Waals surface area (Å²) in [5.41, 5.74) is -5.74. The second-order valence-electron chi connectivity index (χ2n) is 9.78. The lowest BCUT2D eigenvalue weighted by Crippen LogP contribution is -2.25. The molecule has 0 radical (unpaired) electrons. The first-order chi connectivity index (χ1) is 20.5. The molecule has 0 saturated heterocycles. The van der Waals surface area contributed by atoms with Crippen molar-refractivity contribution < 1.29 is 53.0 Å². The number of aryl methyl sites for hydroxylation is 1. The first kappa shape index (κ1) is 33.1. The lowest BCUT2D eigenvalue weighted by atomic mass is 9.96. The van der Waals surface area contributed by atoms with E-state index in [9.17, 15) is 43.9 Å². The van der Waals surface area contributed by atoms with Crippen LogP contribution >= 0.6 is 11.6 Å². The van der Waals surface area contributed by atoms with Crippen LogP contribution in [0, 0.1) is 34.9 Å². The maximum atomic E-state index is 15.2. The van der Waals surface area contributed by atoms with Gasteiger partial charge in [0.2, 0.25) is 0 Å². The molecule has 0 heterocycles. The number of benzene rings is 4. The van der Waals surface area contributed by atoms with Crippen LogP contribution in [0.25, 0.3) is 22.3 Å². The predicted molar refractivity (Wildman–Crippen MR) is 141 cm³/mol. The van der Waals surface area contributed by atoms with Crippen molar-refractivity contribution in [1.82, 2.24) is 0 Å². The minimum atomic E-state index is -5.14. The SMILES string of the molecule is CCCCCc1cc(F)c(-c2cc(F)c(-c3cc(F)c(C(F)(F)Oc4ccc(C(F)(F)F)c(F)c4)c(F)c3)c(Cl)c2)c(F)c1. The van der Waals surface area contributed by atoms with Gasteiger partial charge in [-0.15, -0.1) is 0 Å². The quantitative estimate of drug-likeness (QED) is 0.129. The fourth-order valence-electron chi connectivity index (χ4n) is 4.60. The average Bonchev–Trinajstić information content (AvgIpc) is 2.86. The van der Waals surface area contributed by atoms with E-state index in [0.717, 1.165) is 31.0 Å². The van der Waals surface area contributed by atoms with Gasteiger partial charge in [-0.1, -0.05) is 31.4 Å². The smallest absolute Gasteiger partial charge is 0.429 e.